The molecule has 3 nitrogen and oxygen atoms in total. The van der Waals surface area contributed by atoms with Crippen molar-refractivity contribution in [3.05, 3.63) is 0 Å². The average molecular weight is 257 g/mol. The molecule has 108 valence electrons. The second kappa shape index (κ2) is 6.88. The zero-order chi connectivity index (χ0) is 13.6. The van der Waals surface area contributed by atoms with Gasteiger partial charge in [-0.1, -0.05) is 20.8 Å². The summed E-state index contributed by atoms with van der Waals surface area (Å²) in [6.45, 7) is 8.67. The summed E-state index contributed by atoms with van der Waals surface area (Å²) in [5, 5.41) is 3.61. The zero-order valence-electron chi connectivity index (χ0n) is 12.8. The van der Waals surface area contributed by atoms with Crippen LogP contribution in [0.3, 0.4) is 0 Å². The second-order valence-electron chi connectivity index (χ2n) is 6.40. The van der Waals surface area contributed by atoms with E-state index in [4.69, 9.17) is 9.47 Å². The third-order valence-electron chi connectivity index (χ3n) is 4.47. The quantitative estimate of drug-likeness (QED) is 0.760. The van der Waals surface area contributed by atoms with Crippen molar-refractivity contribution in [2.75, 3.05) is 27.4 Å². The lowest BCUT2D eigenvalue weighted by atomic mass is 9.68. The van der Waals surface area contributed by atoms with Crippen molar-refractivity contribution >= 4 is 0 Å². The van der Waals surface area contributed by atoms with Crippen LogP contribution in [0.5, 0.6) is 0 Å². The van der Waals surface area contributed by atoms with E-state index in [1.807, 2.05) is 7.11 Å². The second-order valence-corrected chi connectivity index (χ2v) is 6.40. The summed E-state index contributed by atoms with van der Waals surface area (Å²) in [6.07, 6.45) is 5.86. The molecule has 1 N–H and O–H groups in total. The molecular weight excluding hydrogens is 226 g/mol. The molecule has 0 aliphatic heterocycles. The highest BCUT2D eigenvalue weighted by molar-refractivity contribution is 4.98. The number of hydrogen-bond acceptors (Lipinski definition) is 3. The first kappa shape index (κ1) is 15.9. The van der Waals surface area contributed by atoms with Crippen molar-refractivity contribution in [1.82, 2.24) is 5.32 Å². The van der Waals surface area contributed by atoms with Crippen LogP contribution in [0.25, 0.3) is 0 Å². The van der Waals surface area contributed by atoms with Gasteiger partial charge in [-0.15, -0.1) is 0 Å². The van der Waals surface area contributed by atoms with E-state index >= 15 is 0 Å². The minimum atomic E-state index is -0.0410. The minimum Gasteiger partial charge on any atom is -0.383 e. The number of methoxy groups -OCH3 is 2. The highest BCUT2D eigenvalue weighted by Gasteiger charge is 2.43. The number of hydrogen-bond donors (Lipinski definition) is 1. The monoisotopic (exact) mass is 257 g/mol. The molecule has 0 saturated heterocycles. The van der Waals surface area contributed by atoms with Crippen LogP contribution in [0.2, 0.25) is 0 Å². The van der Waals surface area contributed by atoms with Crippen LogP contribution in [0.4, 0.5) is 0 Å². The molecule has 1 unspecified atom stereocenters. The molecule has 0 amide bonds. The van der Waals surface area contributed by atoms with E-state index in [-0.39, 0.29) is 5.60 Å². The lowest BCUT2D eigenvalue weighted by Crippen LogP contribution is -2.56. The number of nitrogens with one attached hydrogen (secondary N) is 1. The fourth-order valence-electron chi connectivity index (χ4n) is 2.93. The largest absolute Gasteiger partial charge is 0.383 e. The van der Waals surface area contributed by atoms with Gasteiger partial charge < -0.3 is 14.8 Å². The molecule has 0 aromatic heterocycles. The van der Waals surface area contributed by atoms with Gasteiger partial charge in [-0.3, -0.25) is 0 Å². The van der Waals surface area contributed by atoms with Gasteiger partial charge in [0.15, 0.2) is 0 Å². The summed E-state index contributed by atoms with van der Waals surface area (Å²) in [7, 11) is 3.63. The van der Waals surface area contributed by atoms with Gasteiger partial charge in [0, 0.05) is 14.2 Å². The SMILES string of the molecule is CCCNC(COC)C1(OC)CCC(C)(C)CC1. The fourth-order valence-corrected chi connectivity index (χ4v) is 2.93. The molecule has 1 rings (SSSR count). The van der Waals surface area contributed by atoms with Gasteiger partial charge in [0.25, 0.3) is 0 Å². The third-order valence-corrected chi connectivity index (χ3v) is 4.47. The molecule has 18 heavy (non-hydrogen) atoms. The smallest absolute Gasteiger partial charge is 0.0853 e. The molecule has 1 saturated carbocycles. The van der Waals surface area contributed by atoms with Crippen LogP contribution >= 0.6 is 0 Å². The van der Waals surface area contributed by atoms with E-state index in [0.29, 0.717) is 11.5 Å². The molecule has 1 atom stereocenters. The Morgan fingerprint density at radius 3 is 2.17 bits per heavy atom. The summed E-state index contributed by atoms with van der Waals surface area (Å²) in [4.78, 5) is 0. The van der Waals surface area contributed by atoms with Crippen molar-refractivity contribution < 1.29 is 9.47 Å². The summed E-state index contributed by atoms with van der Waals surface area (Å²) in [5.41, 5.74) is 0.422. The molecule has 0 heterocycles. The van der Waals surface area contributed by atoms with Crippen LogP contribution in [0.15, 0.2) is 0 Å². The van der Waals surface area contributed by atoms with Gasteiger partial charge in [0.2, 0.25) is 0 Å². The predicted molar refractivity (Wildman–Crippen MR) is 75.9 cm³/mol. The molecule has 1 fully saturated rings. The van der Waals surface area contributed by atoms with Gasteiger partial charge in [-0.05, 0) is 44.1 Å². The average Bonchev–Trinajstić information content (AvgIpc) is 2.36. The maximum Gasteiger partial charge on any atom is 0.0853 e. The van der Waals surface area contributed by atoms with Gasteiger partial charge in [0.1, 0.15) is 0 Å². The Labute approximate surface area is 113 Å². The Kier molecular flexibility index (Phi) is 6.09. The first-order valence-corrected chi connectivity index (χ1v) is 7.27. The highest BCUT2D eigenvalue weighted by atomic mass is 16.5. The van der Waals surface area contributed by atoms with E-state index in [0.717, 1.165) is 32.4 Å². The Morgan fingerprint density at radius 1 is 1.11 bits per heavy atom. The van der Waals surface area contributed by atoms with Crippen LogP contribution < -0.4 is 5.32 Å². The normalized spacial score (nSPS) is 23.8. The van der Waals surface area contributed by atoms with E-state index in [9.17, 15) is 0 Å². The summed E-state index contributed by atoms with van der Waals surface area (Å²) in [6, 6.07) is 0.309. The lowest BCUT2D eigenvalue weighted by Gasteiger charge is -2.47. The molecule has 0 aromatic carbocycles. The first-order valence-electron chi connectivity index (χ1n) is 7.27. The Balaban J connectivity index is 2.70. The van der Waals surface area contributed by atoms with Crippen LogP contribution in [0, 0.1) is 5.41 Å². The molecule has 0 spiro atoms. The fraction of sp³-hybridized carbons (Fsp3) is 1.00. The topological polar surface area (TPSA) is 30.5 Å². The van der Waals surface area contributed by atoms with E-state index in [1.165, 1.54) is 12.8 Å². The summed E-state index contributed by atoms with van der Waals surface area (Å²) < 4.78 is 11.3. The maximum absolute atomic E-state index is 5.94. The first-order chi connectivity index (χ1) is 8.49. The Bertz CT molecular complexity index is 231. The van der Waals surface area contributed by atoms with E-state index in [2.05, 4.69) is 26.1 Å². The Hall–Kier alpha value is -0.120. The summed E-state index contributed by atoms with van der Waals surface area (Å²) in [5.74, 6) is 0. The molecule has 1 aliphatic carbocycles. The van der Waals surface area contributed by atoms with Crippen molar-refractivity contribution in [2.45, 2.75) is 64.5 Å². The standard InChI is InChI=1S/C15H31NO2/c1-6-11-16-13(12-17-4)15(18-5)9-7-14(2,3)8-10-15/h13,16H,6-12H2,1-5H3. The van der Waals surface area contributed by atoms with Crippen molar-refractivity contribution in [3.8, 4) is 0 Å². The van der Waals surface area contributed by atoms with Crippen LogP contribution in [0.1, 0.15) is 52.9 Å². The van der Waals surface area contributed by atoms with Crippen LogP contribution in [-0.4, -0.2) is 39.0 Å². The van der Waals surface area contributed by atoms with E-state index < -0.39 is 0 Å². The molecule has 0 bridgehead atoms. The Morgan fingerprint density at radius 2 is 1.72 bits per heavy atom. The molecule has 0 aromatic rings. The number of ether oxygens (including phenoxy) is 2. The lowest BCUT2D eigenvalue weighted by molar-refractivity contribution is -0.0988. The van der Waals surface area contributed by atoms with Gasteiger partial charge in [0.05, 0.1) is 18.2 Å². The maximum atomic E-state index is 5.94. The summed E-state index contributed by atoms with van der Waals surface area (Å²) >= 11 is 0. The minimum absolute atomic E-state index is 0.0410. The molecule has 1 aliphatic rings. The predicted octanol–water partition coefficient (Wildman–Crippen LogP) is 2.99. The molecule has 0 radical (unpaired) electrons. The number of rotatable bonds is 7. The van der Waals surface area contributed by atoms with E-state index in [1.54, 1.807) is 7.11 Å². The molecule has 3 heteroatoms. The van der Waals surface area contributed by atoms with Crippen molar-refractivity contribution in [3.63, 3.8) is 0 Å². The van der Waals surface area contributed by atoms with Crippen molar-refractivity contribution in [2.24, 2.45) is 5.41 Å². The highest BCUT2D eigenvalue weighted by Crippen LogP contribution is 2.43. The van der Waals surface area contributed by atoms with Crippen LogP contribution in [-0.2, 0) is 9.47 Å². The molecular formula is C15H31NO2. The third kappa shape index (κ3) is 3.94. The van der Waals surface area contributed by atoms with Gasteiger partial charge >= 0.3 is 0 Å². The zero-order valence-corrected chi connectivity index (χ0v) is 12.8. The van der Waals surface area contributed by atoms with Gasteiger partial charge in [-0.25, -0.2) is 0 Å². The van der Waals surface area contributed by atoms with Crippen molar-refractivity contribution in [1.29, 1.82) is 0 Å². The van der Waals surface area contributed by atoms with Gasteiger partial charge in [-0.2, -0.15) is 0 Å².